The fourth-order valence-electron chi connectivity index (χ4n) is 4.21. The van der Waals surface area contributed by atoms with Gasteiger partial charge in [-0.05, 0) is 24.3 Å². The molecule has 1 fully saturated rings. The largest absolute Gasteiger partial charge is 0.368 e. The highest BCUT2D eigenvalue weighted by atomic mass is 19.1. The lowest BCUT2D eigenvalue weighted by Gasteiger charge is -2.36. The smallest absolute Gasteiger partial charge is 0.352 e. The summed E-state index contributed by atoms with van der Waals surface area (Å²) >= 11 is 0. The molecule has 1 saturated heterocycles. The van der Waals surface area contributed by atoms with Crippen molar-refractivity contribution < 1.29 is 8.91 Å². The molecule has 5 aromatic rings. The predicted octanol–water partition coefficient (Wildman–Crippen LogP) is 2.46. The molecule has 0 amide bonds. The first-order valence-corrected chi connectivity index (χ1v) is 11.2. The second-order valence-electron chi connectivity index (χ2n) is 8.25. The predicted molar refractivity (Wildman–Crippen MR) is 127 cm³/mol. The van der Waals surface area contributed by atoms with Crippen LogP contribution in [0.5, 0.6) is 0 Å². The van der Waals surface area contributed by atoms with Crippen LogP contribution in [0.3, 0.4) is 0 Å². The Hall–Kier alpha value is -4.54. The number of fused-ring (bicyclic) bond motifs is 1. The number of halogens is 1. The van der Waals surface area contributed by atoms with Crippen molar-refractivity contribution in [1.82, 2.24) is 29.3 Å². The molecule has 0 spiro atoms. The van der Waals surface area contributed by atoms with E-state index in [9.17, 15) is 9.18 Å². The molecule has 0 bridgehead atoms. The van der Waals surface area contributed by atoms with E-state index < -0.39 is 5.82 Å². The molecule has 0 aliphatic carbocycles. The van der Waals surface area contributed by atoms with E-state index in [2.05, 4.69) is 42.2 Å². The molecule has 0 N–H and O–H groups in total. The van der Waals surface area contributed by atoms with Crippen molar-refractivity contribution in [3.63, 3.8) is 0 Å². The zero-order chi connectivity index (χ0) is 23.8. The maximum Gasteiger partial charge on any atom is 0.352 e. The third-order valence-electron chi connectivity index (χ3n) is 6.02. The van der Waals surface area contributed by atoms with E-state index in [1.54, 1.807) is 12.1 Å². The van der Waals surface area contributed by atoms with Crippen molar-refractivity contribution in [3.05, 3.63) is 89.2 Å². The summed E-state index contributed by atoms with van der Waals surface area (Å²) in [7, 11) is 0. The molecule has 0 radical (unpaired) electrons. The molecule has 1 aliphatic rings. The van der Waals surface area contributed by atoms with Crippen LogP contribution in [-0.2, 0) is 6.54 Å². The lowest BCUT2D eigenvalue weighted by molar-refractivity contribution is 0.364. The first-order valence-electron chi connectivity index (χ1n) is 11.2. The second-order valence-corrected chi connectivity index (χ2v) is 8.25. The van der Waals surface area contributed by atoms with Gasteiger partial charge in [0.15, 0.2) is 5.65 Å². The van der Waals surface area contributed by atoms with Gasteiger partial charge in [-0.1, -0.05) is 35.5 Å². The molecule has 0 unspecified atom stereocenters. The molecule has 35 heavy (non-hydrogen) atoms. The van der Waals surface area contributed by atoms with Gasteiger partial charge in [-0.3, -0.25) is 0 Å². The highest BCUT2D eigenvalue weighted by Gasteiger charge is 2.20. The van der Waals surface area contributed by atoms with Crippen molar-refractivity contribution in [1.29, 1.82) is 0 Å². The van der Waals surface area contributed by atoms with Crippen LogP contribution in [-0.4, -0.2) is 55.5 Å². The molecule has 0 atom stereocenters. The second kappa shape index (κ2) is 8.67. The monoisotopic (exact) mass is 472 g/mol. The molecule has 1 aliphatic heterocycles. The number of hydrogen-bond acceptors (Lipinski definition) is 8. The summed E-state index contributed by atoms with van der Waals surface area (Å²) in [5.74, 6) is 0.818. The van der Waals surface area contributed by atoms with E-state index in [-0.39, 0.29) is 23.9 Å². The summed E-state index contributed by atoms with van der Waals surface area (Å²) in [4.78, 5) is 26.1. The van der Waals surface area contributed by atoms with Gasteiger partial charge < -0.3 is 14.3 Å². The van der Waals surface area contributed by atoms with E-state index in [0.29, 0.717) is 11.2 Å². The van der Waals surface area contributed by atoms with Crippen LogP contribution < -0.4 is 15.5 Å². The maximum absolute atomic E-state index is 13.5. The number of benzene rings is 2. The van der Waals surface area contributed by atoms with Crippen molar-refractivity contribution in [3.8, 4) is 11.4 Å². The number of aromatic nitrogens is 6. The van der Waals surface area contributed by atoms with Gasteiger partial charge in [0.05, 0.1) is 0 Å². The first kappa shape index (κ1) is 21.0. The molecule has 4 heterocycles. The highest BCUT2D eigenvalue weighted by molar-refractivity contribution is 5.54. The summed E-state index contributed by atoms with van der Waals surface area (Å²) in [5, 5.41) is 8.31. The average molecular weight is 472 g/mol. The van der Waals surface area contributed by atoms with E-state index in [4.69, 9.17) is 4.52 Å². The summed E-state index contributed by atoms with van der Waals surface area (Å²) < 4.78 is 21.4. The van der Waals surface area contributed by atoms with Crippen LogP contribution in [0.1, 0.15) is 5.89 Å². The van der Waals surface area contributed by atoms with E-state index in [1.165, 1.54) is 33.2 Å². The van der Waals surface area contributed by atoms with Gasteiger partial charge in [-0.15, -0.1) is 5.10 Å². The van der Waals surface area contributed by atoms with E-state index >= 15 is 0 Å². The Morgan fingerprint density at radius 1 is 0.943 bits per heavy atom. The van der Waals surface area contributed by atoms with Crippen molar-refractivity contribution in [2.24, 2.45) is 0 Å². The van der Waals surface area contributed by atoms with Crippen LogP contribution in [0.4, 0.5) is 15.9 Å². The molecule has 3 aromatic heterocycles. The molecule has 10 nitrogen and oxygen atoms in total. The summed E-state index contributed by atoms with van der Waals surface area (Å²) in [5.41, 5.74) is 1.82. The van der Waals surface area contributed by atoms with Crippen LogP contribution >= 0.6 is 0 Å². The summed E-state index contributed by atoms with van der Waals surface area (Å²) in [6.45, 7) is 3.38. The molecule has 176 valence electrons. The lowest BCUT2D eigenvalue weighted by Crippen LogP contribution is -2.46. The Kier molecular flexibility index (Phi) is 5.21. The molecular formula is C24H21FN8O2. The molecule has 11 heteroatoms. The van der Waals surface area contributed by atoms with Gasteiger partial charge in [0.2, 0.25) is 11.7 Å². The zero-order valence-electron chi connectivity index (χ0n) is 18.7. The molecular weight excluding hydrogens is 451 g/mol. The Morgan fingerprint density at radius 2 is 1.74 bits per heavy atom. The van der Waals surface area contributed by atoms with Crippen LogP contribution in [0, 0.1) is 5.82 Å². The lowest BCUT2D eigenvalue weighted by atomic mass is 10.2. The summed E-state index contributed by atoms with van der Waals surface area (Å²) in [6.07, 6.45) is 1.49. The Labute approximate surface area is 198 Å². The van der Waals surface area contributed by atoms with Crippen LogP contribution in [0.15, 0.2) is 76.3 Å². The molecule has 0 saturated carbocycles. The topological polar surface area (TPSA) is 97.6 Å². The fourth-order valence-corrected chi connectivity index (χ4v) is 4.21. The SMILES string of the molecule is O=c1n(Cc2nc(-c3cccc(F)c3)no2)nc2cc(N3CCN(c4ccccc4)CC3)ncn12. The van der Waals surface area contributed by atoms with Crippen LogP contribution in [0.25, 0.3) is 17.0 Å². The Morgan fingerprint density at radius 3 is 2.54 bits per heavy atom. The standard InChI is InChI=1S/C24H21FN8O2/c25-18-6-4-5-17(13-18)23-27-22(35-29-23)15-33-24(34)32-16-26-20(14-21(32)28-33)31-11-9-30(10-12-31)19-7-2-1-3-8-19/h1-8,13-14,16H,9-12,15H2. The Balaban J connectivity index is 1.19. The third-order valence-corrected chi connectivity index (χ3v) is 6.02. The fraction of sp³-hybridized carbons (Fsp3) is 0.208. The van der Waals surface area contributed by atoms with Gasteiger partial charge in [-0.2, -0.15) is 4.98 Å². The number of anilines is 2. The van der Waals surface area contributed by atoms with Crippen LogP contribution in [0.2, 0.25) is 0 Å². The van der Waals surface area contributed by atoms with Gasteiger partial charge in [-0.25, -0.2) is 23.3 Å². The molecule has 2 aromatic carbocycles. The zero-order valence-corrected chi connectivity index (χ0v) is 18.7. The number of nitrogens with zero attached hydrogens (tertiary/aromatic N) is 8. The number of hydrogen-bond donors (Lipinski definition) is 0. The number of rotatable bonds is 5. The maximum atomic E-state index is 13.5. The van der Waals surface area contributed by atoms with Gasteiger partial charge >= 0.3 is 5.69 Å². The van der Waals surface area contributed by atoms with Gasteiger partial charge in [0.25, 0.3) is 0 Å². The Bertz CT molecular complexity index is 1540. The van der Waals surface area contributed by atoms with Gasteiger partial charge in [0, 0.05) is 43.5 Å². The van der Waals surface area contributed by atoms with Crippen molar-refractivity contribution in [2.45, 2.75) is 6.54 Å². The van der Waals surface area contributed by atoms with E-state index in [1.807, 2.05) is 24.3 Å². The first-order chi connectivity index (χ1) is 17.1. The van der Waals surface area contributed by atoms with Gasteiger partial charge in [0.1, 0.15) is 24.5 Å². The minimum absolute atomic E-state index is 0.00604. The van der Waals surface area contributed by atoms with E-state index in [0.717, 1.165) is 32.0 Å². The quantitative estimate of drug-likeness (QED) is 0.385. The summed E-state index contributed by atoms with van der Waals surface area (Å²) in [6, 6.07) is 18.0. The number of para-hydroxylation sites is 1. The average Bonchev–Trinajstić information content (AvgIpc) is 3.49. The minimum atomic E-state index is -0.393. The minimum Gasteiger partial charge on any atom is -0.368 e. The molecule has 6 rings (SSSR count). The normalized spacial score (nSPS) is 14.1. The van der Waals surface area contributed by atoms with Crippen molar-refractivity contribution in [2.75, 3.05) is 36.0 Å². The highest BCUT2D eigenvalue weighted by Crippen LogP contribution is 2.20. The van der Waals surface area contributed by atoms with Crippen molar-refractivity contribution >= 4 is 17.2 Å². The third kappa shape index (κ3) is 4.12. The number of piperazine rings is 1.